The van der Waals surface area contributed by atoms with Crippen molar-refractivity contribution in [2.45, 2.75) is 25.9 Å². The lowest BCUT2D eigenvalue weighted by molar-refractivity contribution is 0.0220. The number of nitrogens with zero attached hydrogens (tertiary/aromatic N) is 2. The second-order valence-corrected chi connectivity index (χ2v) is 6.13. The quantitative estimate of drug-likeness (QED) is 0.765. The molecule has 2 heterocycles. The summed E-state index contributed by atoms with van der Waals surface area (Å²) in [6, 6.07) is 1.58. The van der Waals surface area contributed by atoms with Gasteiger partial charge in [0.05, 0.1) is 16.1 Å². The van der Waals surface area contributed by atoms with E-state index in [0.717, 1.165) is 32.5 Å². The van der Waals surface area contributed by atoms with Gasteiger partial charge in [0, 0.05) is 39.0 Å². The van der Waals surface area contributed by atoms with Crippen molar-refractivity contribution in [1.82, 2.24) is 15.2 Å². The van der Waals surface area contributed by atoms with E-state index in [4.69, 9.17) is 27.9 Å². The molecule has 23 heavy (non-hydrogen) atoms. The molecule has 0 aliphatic carbocycles. The van der Waals surface area contributed by atoms with Crippen LogP contribution in [-0.2, 0) is 4.74 Å². The smallest absolute Gasteiger partial charge is 0.317 e. The minimum absolute atomic E-state index is 0.0445. The molecule has 0 unspecified atom stereocenters. The van der Waals surface area contributed by atoms with Gasteiger partial charge in [-0.25, -0.2) is 9.78 Å². The van der Waals surface area contributed by atoms with Crippen LogP contribution in [0.25, 0.3) is 0 Å². The molecule has 0 radical (unpaired) electrons. The number of ether oxygens (including phenoxy) is 1. The third-order valence-corrected chi connectivity index (χ3v) is 4.13. The molecule has 2 N–H and O–H groups in total. The van der Waals surface area contributed by atoms with Crippen LogP contribution >= 0.6 is 23.2 Å². The Morgan fingerprint density at radius 3 is 2.78 bits per heavy atom. The summed E-state index contributed by atoms with van der Waals surface area (Å²) in [7, 11) is 0. The molecule has 1 aliphatic heterocycles. The van der Waals surface area contributed by atoms with Crippen LogP contribution in [0.3, 0.4) is 0 Å². The normalized spacial score (nSPS) is 15.5. The number of nitrogens with one attached hydrogen (secondary N) is 2. The van der Waals surface area contributed by atoms with Crippen molar-refractivity contribution in [3.63, 3.8) is 0 Å². The zero-order valence-electron chi connectivity index (χ0n) is 13.1. The number of carbonyl (C=O) groups excluding carboxylic acids is 1. The van der Waals surface area contributed by atoms with E-state index in [1.807, 2.05) is 11.8 Å². The fourth-order valence-corrected chi connectivity index (χ4v) is 2.91. The van der Waals surface area contributed by atoms with Gasteiger partial charge >= 0.3 is 6.03 Å². The van der Waals surface area contributed by atoms with Gasteiger partial charge in [0.2, 0.25) is 0 Å². The van der Waals surface area contributed by atoms with E-state index in [9.17, 15) is 4.79 Å². The number of amides is 2. The first kappa shape index (κ1) is 18.1. The topological polar surface area (TPSA) is 66.5 Å². The molecule has 1 aromatic heterocycles. The third-order valence-electron chi connectivity index (χ3n) is 3.63. The van der Waals surface area contributed by atoms with Crippen molar-refractivity contribution in [3.8, 4) is 0 Å². The molecule has 1 fully saturated rings. The summed E-state index contributed by atoms with van der Waals surface area (Å²) < 4.78 is 5.58. The number of rotatable bonds is 6. The first-order valence-electron chi connectivity index (χ1n) is 7.79. The van der Waals surface area contributed by atoms with E-state index in [2.05, 4.69) is 15.6 Å². The minimum atomic E-state index is -0.0445. The summed E-state index contributed by atoms with van der Waals surface area (Å²) in [4.78, 5) is 18.0. The Kier molecular flexibility index (Phi) is 7.20. The Morgan fingerprint density at radius 1 is 1.39 bits per heavy atom. The largest absolute Gasteiger partial charge is 0.378 e. The zero-order valence-corrected chi connectivity index (χ0v) is 14.7. The van der Waals surface area contributed by atoms with Crippen LogP contribution in [0.4, 0.5) is 10.6 Å². The van der Waals surface area contributed by atoms with Crippen LogP contribution in [0.15, 0.2) is 12.3 Å². The number of urea groups is 1. The minimum Gasteiger partial charge on any atom is -0.378 e. The molecule has 6 nitrogen and oxygen atoms in total. The lowest BCUT2D eigenvalue weighted by Gasteiger charge is -2.31. The number of pyridine rings is 1. The number of hydrogen-bond acceptors (Lipinski definition) is 4. The van der Waals surface area contributed by atoms with Crippen LogP contribution in [0, 0.1) is 0 Å². The lowest BCUT2D eigenvalue weighted by Crippen LogP contribution is -2.46. The van der Waals surface area contributed by atoms with Crippen molar-refractivity contribution in [1.29, 1.82) is 0 Å². The number of halogens is 2. The highest BCUT2D eigenvalue weighted by atomic mass is 35.5. The summed E-state index contributed by atoms with van der Waals surface area (Å²) in [5, 5.41) is 6.90. The average molecular weight is 361 g/mol. The molecule has 8 heteroatoms. The summed E-state index contributed by atoms with van der Waals surface area (Å²) in [6.07, 6.45) is 3.59. The first-order chi connectivity index (χ1) is 11.1. The molecule has 0 saturated carbocycles. The molecule has 1 aliphatic rings. The lowest BCUT2D eigenvalue weighted by atomic mass is 10.1. The fourth-order valence-electron chi connectivity index (χ4n) is 2.47. The summed E-state index contributed by atoms with van der Waals surface area (Å²) >= 11 is 11.8. The van der Waals surface area contributed by atoms with Gasteiger partial charge in [-0.1, -0.05) is 23.2 Å². The van der Waals surface area contributed by atoms with E-state index >= 15 is 0 Å². The van der Waals surface area contributed by atoms with Gasteiger partial charge in [-0.2, -0.15) is 0 Å². The van der Waals surface area contributed by atoms with Crippen LogP contribution in [0.2, 0.25) is 10.0 Å². The first-order valence-corrected chi connectivity index (χ1v) is 8.55. The maximum Gasteiger partial charge on any atom is 0.317 e. The monoisotopic (exact) mass is 360 g/mol. The van der Waals surface area contributed by atoms with E-state index < -0.39 is 0 Å². The van der Waals surface area contributed by atoms with Crippen molar-refractivity contribution >= 4 is 35.1 Å². The number of hydrogen-bond donors (Lipinski definition) is 2. The number of carbonyl (C=O) groups is 1. The number of piperidine rings is 1. The predicted octanol–water partition coefficient (Wildman–Crippen LogP) is 3.01. The number of anilines is 1. The molecular formula is C15H22Cl2N4O2. The van der Waals surface area contributed by atoms with Crippen molar-refractivity contribution in [2.24, 2.45) is 0 Å². The summed E-state index contributed by atoms with van der Waals surface area (Å²) in [5.74, 6) is 0.558. The highest BCUT2D eigenvalue weighted by Crippen LogP contribution is 2.22. The second-order valence-electron chi connectivity index (χ2n) is 5.28. The molecule has 1 saturated heterocycles. The summed E-state index contributed by atoms with van der Waals surface area (Å²) in [6.45, 7) is 5.21. The van der Waals surface area contributed by atoms with Crippen molar-refractivity contribution in [3.05, 3.63) is 22.3 Å². The van der Waals surface area contributed by atoms with Gasteiger partial charge < -0.3 is 20.3 Å². The van der Waals surface area contributed by atoms with E-state index in [1.54, 1.807) is 6.07 Å². The van der Waals surface area contributed by atoms with Crippen LogP contribution in [0.1, 0.15) is 19.8 Å². The van der Waals surface area contributed by atoms with Gasteiger partial charge in [-0.3, -0.25) is 0 Å². The Hall–Kier alpha value is -1.24. The van der Waals surface area contributed by atoms with E-state index in [0.29, 0.717) is 29.0 Å². The SMILES string of the molecule is CCOC1CCN(C(=O)NCCNc2ncc(Cl)cc2Cl)CC1. The van der Waals surface area contributed by atoms with Gasteiger partial charge in [-0.05, 0) is 25.8 Å². The molecule has 128 valence electrons. The van der Waals surface area contributed by atoms with Gasteiger partial charge in [0.25, 0.3) is 0 Å². The molecule has 2 rings (SSSR count). The van der Waals surface area contributed by atoms with E-state index in [1.165, 1.54) is 6.20 Å². The Balaban J connectivity index is 1.65. The van der Waals surface area contributed by atoms with Crippen LogP contribution in [0.5, 0.6) is 0 Å². The Bertz CT molecular complexity index is 522. The van der Waals surface area contributed by atoms with Gasteiger partial charge in [0.15, 0.2) is 0 Å². The number of aromatic nitrogens is 1. The summed E-state index contributed by atoms with van der Waals surface area (Å²) in [5.41, 5.74) is 0. The average Bonchev–Trinajstić information content (AvgIpc) is 2.54. The number of likely N-dealkylation sites (tertiary alicyclic amines) is 1. The molecule has 0 atom stereocenters. The highest BCUT2D eigenvalue weighted by Gasteiger charge is 2.22. The molecule has 0 spiro atoms. The molecule has 0 bridgehead atoms. The third kappa shape index (κ3) is 5.71. The Labute approximate surface area is 146 Å². The van der Waals surface area contributed by atoms with Gasteiger partial charge in [-0.15, -0.1) is 0 Å². The molecular weight excluding hydrogens is 339 g/mol. The molecule has 1 aromatic rings. The van der Waals surface area contributed by atoms with Crippen molar-refractivity contribution < 1.29 is 9.53 Å². The standard InChI is InChI=1S/C15H22Cl2N4O2/c1-2-23-12-3-7-21(8-4-12)15(22)19-6-5-18-14-13(17)9-11(16)10-20-14/h9-10,12H,2-8H2,1H3,(H,18,20)(H,19,22). The highest BCUT2D eigenvalue weighted by molar-refractivity contribution is 6.35. The molecule has 2 amide bonds. The zero-order chi connectivity index (χ0) is 16.7. The molecule has 0 aromatic carbocycles. The predicted molar refractivity (Wildman–Crippen MR) is 92.4 cm³/mol. The van der Waals surface area contributed by atoms with Crippen molar-refractivity contribution in [2.75, 3.05) is 38.1 Å². The fraction of sp³-hybridized carbons (Fsp3) is 0.600. The van der Waals surface area contributed by atoms with Gasteiger partial charge in [0.1, 0.15) is 5.82 Å². The second kappa shape index (κ2) is 9.15. The van der Waals surface area contributed by atoms with Crippen LogP contribution < -0.4 is 10.6 Å². The van der Waals surface area contributed by atoms with Crippen LogP contribution in [-0.4, -0.2) is 54.8 Å². The van der Waals surface area contributed by atoms with E-state index in [-0.39, 0.29) is 12.1 Å². The maximum atomic E-state index is 12.1. The maximum absolute atomic E-state index is 12.1. The Morgan fingerprint density at radius 2 is 2.13 bits per heavy atom.